The van der Waals surface area contributed by atoms with Gasteiger partial charge in [-0.25, -0.2) is 9.37 Å². The molecule has 0 bridgehead atoms. The number of anilines is 3. The molecule has 1 aromatic heterocycles. The van der Waals surface area contributed by atoms with Crippen LogP contribution in [0.1, 0.15) is 10.4 Å². The molecule has 5 nitrogen and oxygen atoms in total. The molecule has 0 aliphatic carbocycles. The van der Waals surface area contributed by atoms with Gasteiger partial charge in [-0.05, 0) is 48.5 Å². The number of rotatable bonds is 5. The normalized spacial score (nSPS) is 10.3. The van der Waals surface area contributed by atoms with Crippen molar-refractivity contribution in [3.63, 3.8) is 0 Å². The fourth-order valence-electron chi connectivity index (χ4n) is 2.29. The van der Waals surface area contributed by atoms with Crippen molar-refractivity contribution in [1.29, 1.82) is 0 Å². The minimum Gasteiger partial charge on any atom is -0.495 e. The van der Waals surface area contributed by atoms with Crippen molar-refractivity contribution in [2.45, 2.75) is 0 Å². The number of hydrogen-bond acceptors (Lipinski definition) is 4. The molecule has 3 rings (SSSR count). The lowest BCUT2D eigenvalue weighted by Crippen LogP contribution is -2.13. The minimum absolute atomic E-state index is 0.220. The van der Waals surface area contributed by atoms with Crippen LogP contribution in [-0.2, 0) is 0 Å². The van der Waals surface area contributed by atoms with Crippen molar-refractivity contribution in [2.75, 3.05) is 17.7 Å². The molecule has 0 atom stereocenters. The Morgan fingerprint density at radius 3 is 2.69 bits per heavy atom. The van der Waals surface area contributed by atoms with Gasteiger partial charge in [0.2, 0.25) is 0 Å². The summed E-state index contributed by atoms with van der Waals surface area (Å²) in [5.74, 6) is 0.0793. The highest BCUT2D eigenvalue weighted by Gasteiger charge is 2.08. The van der Waals surface area contributed by atoms with Gasteiger partial charge >= 0.3 is 0 Å². The third-order valence-electron chi connectivity index (χ3n) is 3.53. The van der Waals surface area contributed by atoms with Crippen LogP contribution in [0.25, 0.3) is 0 Å². The van der Waals surface area contributed by atoms with E-state index in [-0.39, 0.29) is 5.56 Å². The second kappa shape index (κ2) is 7.84. The number of benzene rings is 2. The van der Waals surface area contributed by atoms with Crippen LogP contribution in [0.3, 0.4) is 0 Å². The molecule has 7 heteroatoms. The van der Waals surface area contributed by atoms with E-state index in [9.17, 15) is 9.18 Å². The van der Waals surface area contributed by atoms with E-state index >= 15 is 0 Å². The van der Waals surface area contributed by atoms with Gasteiger partial charge in [0.15, 0.2) is 0 Å². The smallest absolute Gasteiger partial charge is 0.256 e. The SMILES string of the molecule is COc1ccc(Cl)cc1Nc1ccc(NC(=O)c2cccc(F)c2)nc1. The molecule has 1 amide bonds. The van der Waals surface area contributed by atoms with Crippen LogP contribution in [-0.4, -0.2) is 18.0 Å². The number of aromatic nitrogens is 1. The summed E-state index contributed by atoms with van der Waals surface area (Å²) >= 11 is 6.01. The second-order valence-corrected chi connectivity index (χ2v) is 5.80. The molecule has 0 aliphatic rings. The molecule has 1 heterocycles. The van der Waals surface area contributed by atoms with Crippen LogP contribution in [0.2, 0.25) is 5.02 Å². The van der Waals surface area contributed by atoms with Crippen LogP contribution >= 0.6 is 11.6 Å². The molecule has 2 aromatic carbocycles. The lowest BCUT2D eigenvalue weighted by Gasteiger charge is -2.12. The molecular weight excluding hydrogens is 357 g/mol. The van der Waals surface area contributed by atoms with Crippen molar-refractivity contribution in [3.05, 3.63) is 77.2 Å². The molecule has 0 fully saturated rings. The number of hydrogen-bond donors (Lipinski definition) is 2. The van der Waals surface area contributed by atoms with E-state index in [1.54, 1.807) is 43.6 Å². The van der Waals surface area contributed by atoms with Gasteiger partial charge in [0.1, 0.15) is 17.4 Å². The van der Waals surface area contributed by atoms with Gasteiger partial charge < -0.3 is 15.4 Å². The van der Waals surface area contributed by atoms with E-state index in [1.807, 2.05) is 0 Å². The first kappa shape index (κ1) is 17.7. The van der Waals surface area contributed by atoms with Gasteiger partial charge in [-0.2, -0.15) is 0 Å². The topological polar surface area (TPSA) is 63.2 Å². The predicted molar refractivity (Wildman–Crippen MR) is 99.9 cm³/mol. The number of amides is 1. The molecule has 2 N–H and O–H groups in total. The lowest BCUT2D eigenvalue weighted by atomic mass is 10.2. The Bertz CT molecular complexity index is 932. The van der Waals surface area contributed by atoms with Gasteiger partial charge in [0, 0.05) is 10.6 Å². The molecule has 26 heavy (non-hydrogen) atoms. The van der Waals surface area contributed by atoms with E-state index in [1.165, 1.54) is 18.2 Å². The quantitative estimate of drug-likeness (QED) is 0.671. The number of carbonyl (C=O) groups excluding carboxylic acids is 1. The maximum Gasteiger partial charge on any atom is 0.256 e. The van der Waals surface area contributed by atoms with Crippen LogP contribution in [0.15, 0.2) is 60.8 Å². The Hall–Kier alpha value is -3.12. The van der Waals surface area contributed by atoms with Crippen molar-refractivity contribution in [1.82, 2.24) is 4.98 Å². The highest BCUT2D eigenvalue weighted by Crippen LogP contribution is 2.30. The van der Waals surface area contributed by atoms with Crippen LogP contribution in [0.5, 0.6) is 5.75 Å². The Morgan fingerprint density at radius 1 is 1.15 bits per heavy atom. The average Bonchev–Trinajstić information content (AvgIpc) is 2.63. The number of nitrogens with one attached hydrogen (secondary N) is 2. The van der Waals surface area contributed by atoms with Crippen LogP contribution in [0, 0.1) is 5.82 Å². The number of nitrogens with zero attached hydrogens (tertiary/aromatic N) is 1. The van der Waals surface area contributed by atoms with Gasteiger partial charge in [-0.15, -0.1) is 0 Å². The maximum absolute atomic E-state index is 13.2. The minimum atomic E-state index is -0.472. The van der Waals surface area contributed by atoms with E-state index in [0.29, 0.717) is 28.0 Å². The number of ether oxygens (including phenoxy) is 1. The molecule has 3 aromatic rings. The largest absolute Gasteiger partial charge is 0.495 e. The van der Waals surface area contributed by atoms with E-state index in [2.05, 4.69) is 15.6 Å². The number of pyridine rings is 1. The van der Waals surface area contributed by atoms with Crippen molar-refractivity contribution in [3.8, 4) is 5.75 Å². The van der Waals surface area contributed by atoms with Gasteiger partial charge in [0.05, 0.1) is 24.7 Å². The molecule has 0 spiro atoms. The summed E-state index contributed by atoms with van der Waals surface area (Å²) in [6.45, 7) is 0. The molecule has 0 saturated carbocycles. The highest BCUT2D eigenvalue weighted by molar-refractivity contribution is 6.31. The molecule has 0 unspecified atom stereocenters. The summed E-state index contributed by atoms with van der Waals surface area (Å²) in [6, 6.07) is 14.0. The number of halogens is 2. The summed E-state index contributed by atoms with van der Waals surface area (Å²) in [5, 5.41) is 6.34. The van der Waals surface area contributed by atoms with Gasteiger partial charge in [0.25, 0.3) is 5.91 Å². The van der Waals surface area contributed by atoms with Crippen molar-refractivity contribution >= 4 is 34.7 Å². The van der Waals surface area contributed by atoms with E-state index in [4.69, 9.17) is 16.3 Å². The zero-order valence-corrected chi connectivity index (χ0v) is 14.5. The summed E-state index contributed by atoms with van der Waals surface area (Å²) < 4.78 is 18.5. The Labute approximate surface area is 154 Å². The van der Waals surface area contributed by atoms with E-state index in [0.717, 1.165) is 6.07 Å². The third-order valence-corrected chi connectivity index (χ3v) is 3.77. The Morgan fingerprint density at radius 2 is 2.00 bits per heavy atom. The van der Waals surface area contributed by atoms with E-state index < -0.39 is 11.7 Å². The predicted octanol–water partition coefficient (Wildman–Crippen LogP) is 4.88. The Balaban J connectivity index is 1.71. The highest BCUT2D eigenvalue weighted by atomic mass is 35.5. The standard InChI is InChI=1S/C19H15ClFN3O2/c1-26-17-7-5-13(20)10-16(17)23-15-6-8-18(22-11-15)24-19(25)12-3-2-4-14(21)9-12/h2-11,23H,1H3,(H,22,24,25). The second-order valence-electron chi connectivity index (χ2n) is 5.37. The first-order valence-electron chi connectivity index (χ1n) is 7.69. The fourth-order valence-corrected chi connectivity index (χ4v) is 2.47. The van der Waals surface area contributed by atoms with Crippen molar-refractivity contribution < 1.29 is 13.9 Å². The number of methoxy groups -OCH3 is 1. The summed E-state index contributed by atoms with van der Waals surface area (Å²) in [4.78, 5) is 16.3. The third kappa shape index (κ3) is 4.29. The van der Waals surface area contributed by atoms with Crippen LogP contribution < -0.4 is 15.4 Å². The fraction of sp³-hybridized carbons (Fsp3) is 0.0526. The summed E-state index contributed by atoms with van der Waals surface area (Å²) in [7, 11) is 1.57. The zero-order chi connectivity index (χ0) is 18.5. The zero-order valence-electron chi connectivity index (χ0n) is 13.8. The van der Waals surface area contributed by atoms with Gasteiger partial charge in [-0.1, -0.05) is 17.7 Å². The van der Waals surface area contributed by atoms with Crippen LogP contribution in [0.4, 0.5) is 21.6 Å². The maximum atomic E-state index is 13.2. The summed E-state index contributed by atoms with van der Waals surface area (Å²) in [6.07, 6.45) is 1.56. The molecule has 0 aliphatic heterocycles. The molecular formula is C19H15ClFN3O2. The average molecular weight is 372 g/mol. The Kier molecular flexibility index (Phi) is 5.34. The molecule has 0 saturated heterocycles. The first-order valence-corrected chi connectivity index (χ1v) is 8.06. The number of carbonyl (C=O) groups is 1. The molecule has 132 valence electrons. The lowest BCUT2D eigenvalue weighted by molar-refractivity contribution is 0.102. The summed E-state index contributed by atoms with van der Waals surface area (Å²) in [5.41, 5.74) is 1.60. The van der Waals surface area contributed by atoms with Crippen molar-refractivity contribution in [2.24, 2.45) is 0 Å². The van der Waals surface area contributed by atoms with Gasteiger partial charge in [-0.3, -0.25) is 4.79 Å². The molecule has 0 radical (unpaired) electrons. The first-order chi connectivity index (χ1) is 12.5. The monoisotopic (exact) mass is 371 g/mol.